The van der Waals surface area contributed by atoms with Crippen molar-refractivity contribution in [3.63, 3.8) is 0 Å². The van der Waals surface area contributed by atoms with Crippen molar-refractivity contribution in [1.29, 1.82) is 0 Å². The molecule has 0 amide bonds. The van der Waals surface area contributed by atoms with Gasteiger partial charge in [-0.15, -0.1) is 11.3 Å². The molecule has 0 N–H and O–H groups in total. The summed E-state index contributed by atoms with van der Waals surface area (Å²) in [5.41, 5.74) is 2.41. The normalized spacial score (nSPS) is 10.1. The highest BCUT2D eigenvalue weighted by Crippen LogP contribution is 2.34. The van der Waals surface area contributed by atoms with Crippen molar-refractivity contribution in [3.8, 4) is 16.2 Å². The van der Waals surface area contributed by atoms with Crippen LogP contribution in [0.5, 0.6) is 5.75 Å². The second-order valence-electron chi connectivity index (χ2n) is 3.01. The number of methoxy groups -OCH3 is 1. The standard InChI is InChI=1S/C10H8N2O3S/c1-15-9-3-2-7(12(13)14)4-8(9)10-5-11-6-16-10/h2-6H,1H3. The molecule has 0 bridgehead atoms. The maximum absolute atomic E-state index is 10.7. The van der Waals surface area contributed by atoms with Crippen LogP contribution in [0.2, 0.25) is 0 Å². The summed E-state index contributed by atoms with van der Waals surface area (Å²) >= 11 is 1.41. The number of hydrogen-bond donors (Lipinski definition) is 0. The number of nitrogens with zero attached hydrogens (tertiary/aromatic N) is 2. The summed E-state index contributed by atoms with van der Waals surface area (Å²) in [5.74, 6) is 0.606. The second kappa shape index (κ2) is 4.28. The first-order chi connectivity index (χ1) is 7.72. The van der Waals surface area contributed by atoms with Crippen LogP contribution in [-0.4, -0.2) is 17.0 Å². The Bertz CT molecular complexity index is 511. The molecule has 0 spiro atoms. The van der Waals surface area contributed by atoms with Crippen molar-refractivity contribution in [1.82, 2.24) is 4.98 Å². The topological polar surface area (TPSA) is 65.3 Å². The van der Waals surface area contributed by atoms with Crippen molar-refractivity contribution in [3.05, 3.63) is 40.0 Å². The minimum atomic E-state index is -0.427. The number of benzene rings is 1. The quantitative estimate of drug-likeness (QED) is 0.607. The van der Waals surface area contributed by atoms with Crippen LogP contribution in [0, 0.1) is 10.1 Å². The van der Waals surface area contributed by atoms with Crippen LogP contribution in [0.4, 0.5) is 5.69 Å². The lowest BCUT2D eigenvalue weighted by atomic mass is 10.1. The average molecular weight is 236 g/mol. The molecule has 16 heavy (non-hydrogen) atoms. The van der Waals surface area contributed by atoms with E-state index in [4.69, 9.17) is 4.74 Å². The Kier molecular flexibility index (Phi) is 2.82. The third-order valence-electron chi connectivity index (χ3n) is 2.09. The molecule has 82 valence electrons. The first-order valence-corrected chi connectivity index (χ1v) is 5.31. The molecule has 5 nitrogen and oxygen atoms in total. The molecule has 0 fully saturated rings. The molecule has 2 aromatic rings. The van der Waals surface area contributed by atoms with Crippen LogP contribution in [-0.2, 0) is 0 Å². The van der Waals surface area contributed by atoms with Crippen LogP contribution in [0.15, 0.2) is 29.9 Å². The van der Waals surface area contributed by atoms with E-state index in [2.05, 4.69) is 4.98 Å². The minimum Gasteiger partial charge on any atom is -0.496 e. The van der Waals surface area contributed by atoms with Gasteiger partial charge in [-0.2, -0.15) is 0 Å². The maximum Gasteiger partial charge on any atom is 0.270 e. The highest BCUT2D eigenvalue weighted by Gasteiger charge is 2.13. The smallest absolute Gasteiger partial charge is 0.270 e. The summed E-state index contributed by atoms with van der Waals surface area (Å²) in [5, 5.41) is 10.7. The minimum absolute atomic E-state index is 0.0456. The molecular formula is C10H8N2O3S. The van der Waals surface area contributed by atoms with Crippen molar-refractivity contribution >= 4 is 17.0 Å². The molecule has 0 atom stereocenters. The summed E-state index contributed by atoms with van der Waals surface area (Å²) in [7, 11) is 1.53. The summed E-state index contributed by atoms with van der Waals surface area (Å²) in [4.78, 5) is 15.0. The van der Waals surface area contributed by atoms with E-state index in [9.17, 15) is 10.1 Å². The summed E-state index contributed by atoms with van der Waals surface area (Å²) < 4.78 is 5.16. The van der Waals surface area contributed by atoms with Gasteiger partial charge in [0.2, 0.25) is 0 Å². The molecule has 0 aliphatic heterocycles. The molecule has 1 aromatic heterocycles. The van der Waals surface area contributed by atoms with Crippen LogP contribution in [0.1, 0.15) is 0 Å². The van der Waals surface area contributed by atoms with Crippen molar-refractivity contribution in [2.75, 3.05) is 7.11 Å². The van der Waals surface area contributed by atoms with Gasteiger partial charge in [0, 0.05) is 23.9 Å². The molecule has 0 unspecified atom stereocenters. The molecule has 0 aliphatic rings. The van der Waals surface area contributed by atoms with E-state index >= 15 is 0 Å². The number of aromatic nitrogens is 1. The fraction of sp³-hybridized carbons (Fsp3) is 0.100. The Hall–Kier alpha value is -1.95. The van der Waals surface area contributed by atoms with Gasteiger partial charge in [0.05, 0.1) is 22.4 Å². The Morgan fingerprint density at radius 3 is 2.88 bits per heavy atom. The SMILES string of the molecule is COc1ccc([N+](=O)[O-])cc1-c1cncs1. The molecule has 0 radical (unpaired) electrons. The predicted molar refractivity (Wildman–Crippen MR) is 60.8 cm³/mol. The number of hydrogen-bond acceptors (Lipinski definition) is 5. The van der Waals surface area contributed by atoms with Gasteiger partial charge in [0.25, 0.3) is 5.69 Å². The van der Waals surface area contributed by atoms with Gasteiger partial charge in [0.15, 0.2) is 0 Å². The van der Waals surface area contributed by atoms with Crippen LogP contribution in [0.3, 0.4) is 0 Å². The van der Waals surface area contributed by atoms with E-state index in [0.29, 0.717) is 11.3 Å². The maximum atomic E-state index is 10.7. The number of non-ortho nitro benzene ring substituents is 1. The Labute approximate surface area is 95.5 Å². The highest BCUT2D eigenvalue weighted by atomic mass is 32.1. The molecule has 6 heteroatoms. The van der Waals surface area contributed by atoms with Crippen LogP contribution < -0.4 is 4.74 Å². The predicted octanol–water partition coefficient (Wildman–Crippen LogP) is 2.73. The Morgan fingerprint density at radius 2 is 2.31 bits per heavy atom. The molecule has 0 saturated carbocycles. The van der Waals surface area contributed by atoms with Gasteiger partial charge in [0.1, 0.15) is 5.75 Å². The first kappa shape index (κ1) is 10.6. The zero-order valence-corrected chi connectivity index (χ0v) is 9.23. The van der Waals surface area contributed by atoms with E-state index in [-0.39, 0.29) is 5.69 Å². The summed E-state index contributed by atoms with van der Waals surface area (Å²) in [6.45, 7) is 0. The van der Waals surface area contributed by atoms with Gasteiger partial charge >= 0.3 is 0 Å². The lowest BCUT2D eigenvalue weighted by molar-refractivity contribution is -0.384. The second-order valence-corrected chi connectivity index (χ2v) is 3.89. The van der Waals surface area contributed by atoms with E-state index in [1.807, 2.05) is 0 Å². The Morgan fingerprint density at radius 1 is 1.50 bits per heavy atom. The van der Waals surface area contributed by atoms with Gasteiger partial charge < -0.3 is 4.74 Å². The number of nitro groups is 1. The van der Waals surface area contributed by atoms with E-state index in [0.717, 1.165) is 4.88 Å². The number of ether oxygens (including phenoxy) is 1. The fourth-order valence-corrected chi connectivity index (χ4v) is 1.99. The summed E-state index contributed by atoms with van der Waals surface area (Å²) in [6, 6.07) is 4.50. The van der Waals surface area contributed by atoms with Gasteiger partial charge in [-0.3, -0.25) is 15.1 Å². The molecule has 0 saturated heterocycles. The van der Waals surface area contributed by atoms with E-state index < -0.39 is 4.92 Å². The molecule has 1 aromatic carbocycles. The molecule has 1 heterocycles. The number of rotatable bonds is 3. The molecule has 0 aliphatic carbocycles. The van der Waals surface area contributed by atoms with E-state index in [1.54, 1.807) is 17.8 Å². The monoisotopic (exact) mass is 236 g/mol. The van der Waals surface area contributed by atoms with Crippen molar-refractivity contribution < 1.29 is 9.66 Å². The van der Waals surface area contributed by atoms with E-state index in [1.165, 1.54) is 30.6 Å². The third kappa shape index (κ3) is 1.87. The Balaban J connectivity index is 2.56. The number of thiazole rings is 1. The lowest BCUT2D eigenvalue weighted by Crippen LogP contribution is -1.91. The van der Waals surface area contributed by atoms with Gasteiger partial charge in [-0.25, -0.2) is 0 Å². The van der Waals surface area contributed by atoms with Crippen molar-refractivity contribution in [2.24, 2.45) is 0 Å². The van der Waals surface area contributed by atoms with Crippen LogP contribution in [0.25, 0.3) is 10.4 Å². The zero-order valence-electron chi connectivity index (χ0n) is 8.41. The fourth-order valence-electron chi connectivity index (χ4n) is 1.35. The van der Waals surface area contributed by atoms with Gasteiger partial charge in [-0.05, 0) is 6.07 Å². The largest absolute Gasteiger partial charge is 0.496 e. The first-order valence-electron chi connectivity index (χ1n) is 4.43. The van der Waals surface area contributed by atoms with Gasteiger partial charge in [-0.1, -0.05) is 0 Å². The average Bonchev–Trinajstić information content (AvgIpc) is 2.81. The number of nitro benzene ring substituents is 1. The summed E-state index contributed by atoms with van der Waals surface area (Å²) in [6.07, 6.45) is 1.66. The molecular weight excluding hydrogens is 228 g/mol. The highest BCUT2D eigenvalue weighted by molar-refractivity contribution is 7.13. The zero-order chi connectivity index (χ0) is 11.5. The lowest BCUT2D eigenvalue weighted by Gasteiger charge is -2.05. The molecule has 2 rings (SSSR count). The van der Waals surface area contributed by atoms with Crippen molar-refractivity contribution in [2.45, 2.75) is 0 Å². The third-order valence-corrected chi connectivity index (χ3v) is 2.90. The van der Waals surface area contributed by atoms with Crippen LogP contribution >= 0.6 is 11.3 Å².